The van der Waals surface area contributed by atoms with Gasteiger partial charge in [0.05, 0.1) is 6.10 Å². The van der Waals surface area contributed by atoms with Gasteiger partial charge in [0.2, 0.25) is 0 Å². The van der Waals surface area contributed by atoms with Crippen molar-refractivity contribution in [3.05, 3.63) is 0 Å². The fourth-order valence-electron chi connectivity index (χ4n) is 2.01. The van der Waals surface area contributed by atoms with Gasteiger partial charge in [-0.15, -0.1) is 0 Å². The lowest BCUT2D eigenvalue weighted by Gasteiger charge is -2.09. The zero-order valence-electron chi connectivity index (χ0n) is 11.2. The molecule has 0 aliphatic heterocycles. The van der Waals surface area contributed by atoms with E-state index in [1.165, 1.54) is 57.8 Å². The standard InChI is InChI=1S/C14H30O2/c1-3-5-6-7-8-9-10-11-12-13-14(4-2)16-15/h14-15H,3-13H2,1-2H3. The van der Waals surface area contributed by atoms with Crippen molar-refractivity contribution in [3.8, 4) is 0 Å². The number of rotatable bonds is 12. The third-order valence-electron chi connectivity index (χ3n) is 3.23. The van der Waals surface area contributed by atoms with E-state index in [0.29, 0.717) is 0 Å². The molecule has 0 bridgehead atoms. The molecule has 0 aliphatic rings. The molecule has 0 heterocycles. The van der Waals surface area contributed by atoms with E-state index >= 15 is 0 Å². The first-order chi connectivity index (χ1) is 7.85. The second-order valence-electron chi connectivity index (χ2n) is 4.75. The molecule has 0 saturated heterocycles. The predicted molar refractivity (Wildman–Crippen MR) is 69.6 cm³/mol. The molecule has 0 spiro atoms. The van der Waals surface area contributed by atoms with Crippen LogP contribution in [0.1, 0.15) is 84.5 Å². The molecule has 0 amide bonds. The van der Waals surface area contributed by atoms with Gasteiger partial charge in [-0.3, -0.25) is 5.26 Å². The van der Waals surface area contributed by atoms with Crippen LogP contribution in [0.5, 0.6) is 0 Å². The van der Waals surface area contributed by atoms with E-state index in [-0.39, 0.29) is 6.10 Å². The molecule has 1 atom stereocenters. The van der Waals surface area contributed by atoms with Gasteiger partial charge in [0, 0.05) is 0 Å². The largest absolute Gasteiger partial charge is 0.252 e. The van der Waals surface area contributed by atoms with Crippen LogP contribution in [0.25, 0.3) is 0 Å². The minimum absolute atomic E-state index is 0.0598. The van der Waals surface area contributed by atoms with Gasteiger partial charge < -0.3 is 0 Å². The highest BCUT2D eigenvalue weighted by Gasteiger charge is 2.04. The average Bonchev–Trinajstić information content (AvgIpc) is 2.32. The summed E-state index contributed by atoms with van der Waals surface area (Å²) in [5, 5.41) is 8.55. The van der Waals surface area contributed by atoms with Crippen LogP contribution in [0.2, 0.25) is 0 Å². The Morgan fingerprint density at radius 3 is 1.75 bits per heavy atom. The van der Waals surface area contributed by atoms with Crippen LogP contribution in [0.15, 0.2) is 0 Å². The maximum Gasteiger partial charge on any atom is 0.0924 e. The molecule has 0 aromatic rings. The van der Waals surface area contributed by atoms with Crippen molar-refractivity contribution in [1.82, 2.24) is 0 Å². The van der Waals surface area contributed by atoms with E-state index in [2.05, 4.69) is 18.7 Å². The summed E-state index contributed by atoms with van der Waals surface area (Å²) < 4.78 is 0. The smallest absolute Gasteiger partial charge is 0.0924 e. The van der Waals surface area contributed by atoms with Gasteiger partial charge in [-0.2, -0.15) is 0 Å². The third kappa shape index (κ3) is 10.4. The minimum atomic E-state index is 0.0598. The van der Waals surface area contributed by atoms with Gasteiger partial charge >= 0.3 is 0 Å². The van der Waals surface area contributed by atoms with Crippen LogP contribution < -0.4 is 0 Å². The maximum atomic E-state index is 8.55. The summed E-state index contributed by atoms with van der Waals surface area (Å²) in [6.45, 7) is 4.31. The number of unbranched alkanes of at least 4 members (excludes halogenated alkanes) is 8. The van der Waals surface area contributed by atoms with Gasteiger partial charge in [-0.05, 0) is 12.8 Å². The summed E-state index contributed by atoms with van der Waals surface area (Å²) in [5.74, 6) is 0. The van der Waals surface area contributed by atoms with Gasteiger partial charge in [0.15, 0.2) is 0 Å². The Kier molecular flexibility index (Phi) is 12.9. The molecule has 0 aliphatic carbocycles. The lowest BCUT2D eigenvalue weighted by molar-refractivity contribution is -0.280. The molecule has 0 rings (SSSR count). The normalized spacial score (nSPS) is 12.9. The SMILES string of the molecule is CCCCCCCCCCCC(CC)OO. The van der Waals surface area contributed by atoms with E-state index in [1.807, 2.05) is 0 Å². The molecule has 1 unspecified atom stereocenters. The van der Waals surface area contributed by atoms with Crippen LogP contribution in [0.3, 0.4) is 0 Å². The topological polar surface area (TPSA) is 29.5 Å². The van der Waals surface area contributed by atoms with Crippen LogP contribution in [-0.4, -0.2) is 11.4 Å². The third-order valence-corrected chi connectivity index (χ3v) is 3.23. The van der Waals surface area contributed by atoms with Gasteiger partial charge in [0.25, 0.3) is 0 Å². The Bertz CT molecular complexity index is 122. The van der Waals surface area contributed by atoms with Crippen molar-refractivity contribution >= 4 is 0 Å². The zero-order valence-corrected chi connectivity index (χ0v) is 11.2. The number of hydrogen-bond acceptors (Lipinski definition) is 2. The monoisotopic (exact) mass is 230 g/mol. The van der Waals surface area contributed by atoms with Crippen LogP contribution in [0, 0.1) is 0 Å². The van der Waals surface area contributed by atoms with Crippen molar-refractivity contribution in [2.24, 2.45) is 0 Å². The van der Waals surface area contributed by atoms with Crippen LogP contribution in [0.4, 0.5) is 0 Å². The van der Waals surface area contributed by atoms with Crippen molar-refractivity contribution in [2.75, 3.05) is 0 Å². The Morgan fingerprint density at radius 1 is 0.812 bits per heavy atom. The summed E-state index contributed by atoms with van der Waals surface area (Å²) in [5.41, 5.74) is 0. The Labute approximate surface area is 101 Å². The predicted octanol–water partition coefficient (Wildman–Crippen LogP) is 5.18. The molecule has 0 saturated carbocycles. The summed E-state index contributed by atoms with van der Waals surface area (Å²) in [4.78, 5) is 4.37. The van der Waals surface area contributed by atoms with Crippen molar-refractivity contribution in [2.45, 2.75) is 90.6 Å². The summed E-state index contributed by atoms with van der Waals surface area (Å²) in [7, 11) is 0. The molecule has 0 aromatic heterocycles. The Balaban J connectivity index is 3.03. The molecule has 1 N–H and O–H groups in total. The zero-order chi connectivity index (χ0) is 12.1. The highest BCUT2D eigenvalue weighted by atomic mass is 17.1. The molecule has 16 heavy (non-hydrogen) atoms. The molecule has 2 nitrogen and oxygen atoms in total. The molecule has 98 valence electrons. The fraction of sp³-hybridized carbons (Fsp3) is 1.00. The first-order valence-corrected chi connectivity index (χ1v) is 7.15. The molecule has 2 heteroatoms. The summed E-state index contributed by atoms with van der Waals surface area (Å²) in [6.07, 6.45) is 14.1. The lowest BCUT2D eigenvalue weighted by atomic mass is 10.0. The molecule has 0 radical (unpaired) electrons. The quantitative estimate of drug-likeness (QED) is 0.284. The summed E-state index contributed by atoms with van der Waals surface area (Å²) in [6, 6.07) is 0. The van der Waals surface area contributed by atoms with E-state index in [9.17, 15) is 0 Å². The highest BCUT2D eigenvalue weighted by molar-refractivity contribution is 4.54. The maximum absolute atomic E-state index is 8.55. The van der Waals surface area contributed by atoms with E-state index in [0.717, 1.165) is 12.8 Å². The molecule has 0 aromatic carbocycles. The van der Waals surface area contributed by atoms with Crippen LogP contribution in [-0.2, 0) is 4.89 Å². The average molecular weight is 230 g/mol. The minimum Gasteiger partial charge on any atom is -0.252 e. The van der Waals surface area contributed by atoms with E-state index in [1.54, 1.807) is 0 Å². The van der Waals surface area contributed by atoms with Gasteiger partial charge in [0.1, 0.15) is 0 Å². The van der Waals surface area contributed by atoms with E-state index < -0.39 is 0 Å². The van der Waals surface area contributed by atoms with Gasteiger partial charge in [-0.25, -0.2) is 4.89 Å². The van der Waals surface area contributed by atoms with Crippen molar-refractivity contribution < 1.29 is 10.1 Å². The lowest BCUT2D eigenvalue weighted by Crippen LogP contribution is -2.08. The second-order valence-corrected chi connectivity index (χ2v) is 4.75. The molecular formula is C14H30O2. The molecular weight excluding hydrogens is 200 g/mol. The summed E-state index contributed by atoms with van der Waals surface area (Å²) >= 11 is 0. The first kappa shape index (κ1) is 15.9. The Hall–Kier alpha value is -0.0800. The second kappa shape index (κ2) is 13.0. The first-order valence-electron chi connectivity index (χ1n) is 7.15. The Morgan fingerprint density at radius 2 is 1.31 bits per heavy atom. The molecule has 0 fully saturated rings. The van der Waals surface area contributed by atoms with E-state index in [4.69, 9.17) is 5.26 Å². The number of hydrogen-bond donors (Lipinski definition) is 1. The fourth-order valence-corrected chi connectivity index (χ4v) is 2.01. The van der Waals surface area contributed by atoms with Crippen molar-refractivity contribution in [3.63, 3.8) is 0 Å². The van der Waals surface area contributed by atoms with Crippen LogP contribution >= 0.6 is 0 Å². The van der Waals surface area contributed by atoms with Gasteiger partial charge in [-0.1, -0.05) is 71.6 Å². The van der Waals surface area contributed by atoms with Crippen molar-refractivity contribution in [1.29, 1.82) is 0 Å². The highest BCUT2D eigenvalue weighted by Crippen LogP contribution is 2.13.